The molecule has 0 bridgehead atoms. The van der Waals surface area contributed by atoms with Gasteiger partial charge in [-0.1, -0.05) is 12.1 Å². The minimum atomic E-state index is 0. The summed E-state index contributed by atoms with van der Waals surface area (Å²) >= 11 is 0. The molecule has 20 heavy (non-hydrogen) atoms. The third-order valence-electron chi connectivity index (χ3n) is 2.56. The van der Waals surface area contributed by atoms with Crippen molar-refractivity contribution < 1.29 is 9.53 Å². The highest BCUT2D eigenvalue weighted by Crippen LogP contribution is 2.15. The van der Waals surface area contributed by atoms with Crippen LogP contribution in [0.25, 0.3) is 0 Å². The van der Waals surface area contributed by atoms with Gasteiger partial charge in [-0.25, -0.2) is 0 Å². The van der Waals surface area contributed by atoms with Crippen LogP contribution in [-0.2, 0) is 11.2 Å². The Morgan fingerprint density at radius 2 is 2.05 bits per heavy atom. The highest BCUT2D eigenvalue weighted by molar-refractivity contribution is 5.85. The summed E-state index contributed by atoms with van der Waals surface area (Å²) < 4.78 is 5.61. The number of hydrogen-bond donors (Lipinski definition) is 2. The number of ether oxygens (including phenoxy) is 1. The molecule has 0 aliphatic carbocycles. The number of halogens is 1. The number of carbonyl (C=O) groups is 1. The number of hydrogen-bond acceptors (Lipinski definition) is 3. The van der Waals surface area contributed by atoms with E-state index in [0.29, 0.717) is 13.0 Å². The maximum atomic E-state index is 11.7. The van der Waals surface area contributed by atoms with Crippen LogP contribution in [0.3, 0.4) is 0 Å². The number of rotatable bonds is 8. The van der Waals surface area contributed by atoms with Crippen molar-refractivity contribution in [3.8, 4) is 5.75 Å². The molecule has 0 fully saturated rings. The first kappa shape index (κ1) is 18.7. The largest absolute Gasteiger partial charge is 0.491 e. The van der Waals surface area contributed by atoms with Gasteiger partial charge in [0.2, 0.25) is 5.91 Å². The Labute approximate surface area is 127 Å². The second-order valence-corrected chi connectivity index (χ2v) is 4.80. The Balaban J connectivity index is 0.00000361. The highest BCUT2D eigenvalue weighted by atomic mass is 35.5. The Morgan fingerprint density at radius 3 is 2.70 bits per heavy atom. The van der Waals surface area contributed by atoms with E-state index < -0.39 is 0 Å². The van der Waals surface area contributed by atoms with Gasteiger partial charge in [-0.2, -0.15) is 0 Å². The first-order valence-electron chi connectivity index (χ1n) is 6.78. The number of amides is 1. The van der Waals surface area contributed by atoms with Gasteiger partial charge in [0.1, 0.15) is 5.75 Å². The lowest BCUT2D eigenvalue weighted by Gasteiger charge is -2.11. The van der Waals surface area contributed by atoms with Crippen LogP contribution < -0.4 is 15.4 Å². The van der Waals surface area contributed by atoms with E-state index in [1.165, 1.54) is 0 Å². The molecule has 5 heteroatoms. The maximum Gasteiger partial charge on any atom is 0.224 e. The summed E-state index contributed by atoms with van der Waals surface area (Å²) in [5.41, 5.74) is 0.976. The Bertz CT molecular complexity index is 397. The van der Waals surface area contributed by atoms with Crippen molar-refractivity contribution in [3.63, 3.8) is 0 Å². The number of carbonyl (C=O) groups excluding carboxylic acids is 1. The fourth-order valence-corrected chi connectivity index (χ4v) is 1.74. The predicted molar refractivity (Wildman–Crippen MR) is 84.7 cm³/mol. The summed E-state index contributed by atoms with van der Waals surface area (Å²) in [5, 5.41) is 5.96. The van der Waals surface area contributed by atoms with Crippen molar-refractivity contribution in [1.82, 2.24) is 10.6 Å². The smallest absolute Gasteiger partial charge is 0.224 e. The Hall–Kier alpha value is -1.26. The standard InChI is InChI=1S/C15H24N2O2.ClH/c1-12(2)19-14-7-4-6-13(10-14)11-15(18)17-9-5-8-16-3;/h4,6-7,10,12,16H,5,8-9,11H2,1-3H3,(H,17,18);1H. The summed E-state index contributed by atoms with van der Waals surface area (Å²) in [5.74, 6) is 0.869. The molecule has 0 unspecified atom stereocenters. The Kier molecular flexibility index (Phi) is 9.86. The summed E-state index contributed by atoms with van der Waals surface area (Å²) in [6.45, 7) is 5.60. The summed E-state index contributed by atoms with van der Waals surface area (Å²) in [6.07, 6.45) is 1.48. The minimum absolute atomic E-state index is 0. The van der Waals surface area contributed by atoms with Crippen molar-refractivity contribution in [2.45, 2.75) is 32.8 Å². The molecule has 0 atom stereocenters. The Morgan fingerprint density at radius 1 is 1.30 bits per heavy atom. The zero-order chi connectivity index (χ0) is 14.1. The summed E-state index contributed by atoms with van der Waals surface area (Å²) in [6, 6.07) is 7.70. The van der Waals surface area contributed by atoms with E-state index in [-0.39, 0.29) is 24.4 Å². The first-order valence-corrected chi connectivity index (χ1v) is 6.78. The van der Waals surface area contributed by atoms with E-state index in [2.05, 4.69) is 10.6 Å². The zero-order valence-corrected chi connectivity index (χ0v) is 13.3. The molecule has 1 amide bonds. The van der Waals surface area contributed by atoms with Crippen molar-refractivity contribution in [3.05, 3.63) is 29.8 Å². The minimum Gasteiger partial charge on any atom is -0.491 e. The van der Waals surface area contributed by atoms with Crippen molar-refractivity contribution in [1.29, 1.82) is 0 Å². The zero-order valence-electron chi connectivity index (χ0n) is 12.4. The summed E-state index contributed by atoms with van der Waals surface area (Å²) in [4.78, 5) is 11.7. The van der Waals surface area contributed by atoms with Crippen LogP contribution in [0.1, 0.15) is 25.8 Å². The molecule has 0 saturated carbocycles. The fourth-order valence-electron chi connectivity index (χ4n) is 1.74. The molecule has 1 aromatic carbocycles. The van der Waals surface area contributed by atoms with Crippen molar-refractivity contribution >= 4 is 18.3 Å². The molecular weight excluding hydrogens is 276 g/mol. The van der Waals surface area contributed by atoms with Crippen LogP contribution >= 0.6 is 12.4 Å². The first-order chi connectivity index (χ1) is 9.11. The van der Waals surface area contributed by atoms with Crippen LogP contribution in [-0.4, -0.2) is 32.1 Å². The second kappa shape index (κ2) is 10.5. The second-order valence-electron chi connectivity index (χ2n) is 4.80. The molecule has 0 aliphatic heterocycles. The molecular formula is C15H25ClN2O2. The van der Waals surface area contributed by atoms with Crippen LogP contribution in [0.2, 0.25) is 0 Å². The molecule has 0 spiro atoms. The van der Waals surface area contributed by atoms with E-state index in [1.807, 2.05) is 45.2 Å². The molecule has 0 aromatic heterocycles. The van der Waals surface area contributed by atoms with Gasteiger partial charge in [-0.3, -0.25) is 4.79 Å². The van der Waals surface area contributed by atoms with Gasteiger partial charge >= 0.3 is 0 Å². The van der Waals surface area contributed by atoms with Gasteiger partial charge < -0.3 is 15.4 Å². The van der Waals surface area contributed by atoms with Crippen molar-refractivity contribution in [2.75, 3.05) is 20.1 Å². The average Bonchev–Trinajstić information content (AvgIpc) is 2.34. The predicted octanol–water partition coefficient (Wildman–Crippen LogP) is 2.16. The molecule has 0 radical (unpaired) electrons. The molecule has 1 aromatic rings. The molecule has 114 valence electrons. The number of benzene rings is 1. The van der Waals surface area contributed by atoms with Crippen LogP contribution in [0, 0.1) is 0 Å². The number of nitrogens with one attached hydrogen (secondary N) is 2. The third-order valence-corrected chi connectivity index (χ3v) is 2.56. The van der Waals surface area contributed by atoms with E-state index in [1.54, 1.807) is 0 Å². The lowest BCUT2D eigenvalue weighted by atomic mass is 10.1. The topological polar surface area (TPSA) is 50.4 Å². The normalized spacial score (nSPS) is 10.0. The van der Waals surface area contributed by atoms with Gasteiger partial charge in [-0.05, 0) is 51.6 Å². The molecule has 0 saturated heterocycles. The van der Waals surface area contributed by atoms with Gasteiger partial charge in [0, 0.05) is 6.54 Å². The van der Waals surface area contributed by atoms with Crippen LogP contribution in [0.15, 0.2) is 24.3 Å². The van der Waals surface area contributed by atoms with Gasteiger partial charge in [0.15, 0.2) is 0 Å². The molecule has 0 aliphatic rings. The van der Waals surface area contributed by atoms with E-state index in [4.69, 9.17) is 4.74 Å². The third kappa shape index (κ3) is 8.02. The quantitative estimate of drug-likeness (QED) is 0.724. The fraction of sp³-hybridized carbons (Fsp3) is 0.533. The van der Waals surface area contributed by atoms with Gasteiger partial charge in [0.25, 0.3) is 0 Å². The lowest BCUT2D eigenvalue weighted by molar-refractivity contribution is -0.120. The monoisotopic (exact) mass is 300 g/mol. The van der Waals surface area contributed by atoms with Gasteiger partial charge in [-0.15, -0.1) is 12.4 Å². The lowest BCUT2D eigenvalue weighted by Crippen LogP contribution is -2.27. The van der Waals surface area contributed by atoms with Crippen LogP contribution in [0.5, 0.6) is 5.75 Å². The summed E-state index contributed by atoms with van der Waals surface area (Å²) in [7, 11) is 1.90. The average molecular weight is 301 g/mol. The maximum absolute atomic E-state index is 11.7. The SMILES string of the molecule is CNCCCNC(=O)Cc1cccc(OC(C)C)c1.Cl. The molecule has 0 heterocycles. The molecule has 4 nitrogen and oxygen atoms in total. The molecule has 2 N–H and O–H groups in total. The van der Waals surface area contributed by atoms with Crippen molar-refractivity contribution in [2.24, 2.45) is 0 Å². The highest BCUT2D eigenvalue weighted by Gasteiger charge is 2.04. The van der Waals surface area contributed by atoms with E-state index >= 15 is 0 Å². The van der Waals surface area contributed by atoms with E-state index in [9.17, 15) is 4.79 Å². The van der Waals surface area contributed by atoms with Gasteiger partial charge in [0.05, 0.1) is 12.5 Å². The van der Waals surface area contributed by atoms with Crippen LogP contribution in [0.4, 0.5) is 0 Å². The van der Waals surface area contributed by atoms with E-state index in [0.717, 1.165) is 24.3 Å². The molecule has 1 rings (SSSR count).